The molecule has 0 radical (unpaired) electrons. The van der Waals surface area contributed by atoms with Gasteiger partial charge in [-0.15, -0.1) is 0 Å². The lowest BCUT2D eigenvalue weighted by Crippen LogP contribution is -1.87. The molecular formula is C13H10Br2. The highest BCUT2D eigenvalue weighted by Gasteiger charge is 1.96. The first kappa shape index (κ1) is 10.9. The van der Waals surface area contributed by atoms with Gasteiger partial charge in [0.05, 0.1) is 0 Å². The van der Waals surface area contributed by atoms with E-state index in [2.05, 4.69) is 74.3 Å². The summed E-state index contributed by atoms with van der Waals surface area (Å²) < 4.78 is 2.26. The summed E-state index contributed by atoms with van der Waals surface area (Å²) in [6.45, 7) is 0. The molecule has 2 rings (SSSR count). The average Bonchev–Trinajstić information content (AvgIpc) is 2.22. The van der Waals surface area contributed by atoms with E-state index >= 15 is 0 Å². The van der Waals surface area contributed by atoms with Gasteiger partial charge in [0.15, 0.2) is 0 Å². The Morgan fingerprint density at radius 1 is 0.733 bits per heavy atom. The Kier molecular flexibility index (Phi) is 3.60. The van der Waals surface area contributed by atoms with Gasteiger partial charge in [-0.2, -0.15) is 0 Å². The lowest BCUT2D eigenvalue weighted by atomic mass is 10.1. The molecule has 0 N–H and O–H groups in total. The molecule has 0 fully saturated rings. The zero-order chi connectivity index (χ0) is 10.7. The molecule has 2 aromatic rings. The van der Waals surface area contributed by atoms with Crippen LogP contribution < -0.4 is 0 Å². The minimum absolute atomic E-state index is 0.979. The van der Waals surface area contributed by atoms with Gasteiger partial charge in [-0.05, 0) is 41.8 Å². The normalized spacial score (nSPS) is 10.3. The minimum atomic E-state index is 0.979. The molecule has 0 atom stereocenters. The van der Waals surface area contributed by atoms with Crippen LogP contribution in [0.1, 0.15) is 11.1 Å². The SMILES string of the molecule is Brc1ccc(Cc2cccc(Br)c2)cc1. The summed E-state index contributed by atoms with van der Waals surface area (Å²) in [5.41, 5.74) is 2.66. The van der Waals surface area contributed by atoms with Crippen molar-refractivity contribution in [2.24, 2.45) is 0 Å². The highest BCUT2D eigenvalue weighted by atomic mass is 79.9. The molecule has 0 amide bonds. The van der Waals surface area contributed by atoms with E-state index < -0.39 is 0 Å². The van der Waals surface area contributed by atoms with Crippen LogP contribution in [0.25, 0.3) is 0 Å². The van der Waals surface area contributed by atoms with Crippen LogP contribution >= 0.6 is 31.9 Å². The molecule has 0 nitrogen and oxygen atoms in total. The first-order chi connectivity index (χ1) is 7.24. The molecule has 0 unspecified atom stereocenters. The molecule has 0 saturated heterocycles. The molecular weight excluding hydrogens is 316 g/mol. The van der Waals surface area contributed by atoms with Crippen LogP contribution in [-0.4, -0.2) is 0 Å². The van der Waals surface area contributed by atoms with Crippen LogP contribution in [0.15, 0.2) is 57.5 Å². The van der Waals surface area contributed by atoms with Gasteiger partial charge < -0.3 is 0 Å². The first-order valence-corrected chi connectivity index (χ1v) is 6.31. The van der Waals surface area contributed by atoms with Crippen molar-refractivity contribution in [1.82, 2.24) is 0 Å². The maximum atomic E-state index is 3.48. The van der Waals surface area contributed by atoms with E-state index in [0.717, 1.165) is 15.4 Å². The fraction of sp³-hybridized carbons (Fsp3) is 0.0769. The van der Waals surface area contributed by atoms with Crippen LogP contribution in [-0.2, 0) is 6.42 Å². The molecule has 0 spiro atoms. The number of hydrogen-bond acceptors (Lipinski definition) is 0. The molecule has 0 aromatic heterocycles. The predicted molar refractivity (Wildman–Crippen MR) is 71.1 cm³/mol. The lowest BCUT2D eigenvalue weighted by Gasteiger charge is -2.02. The average molecular weight is 326 g/mol. The fourth-order valence-corrected chi connectivity index (χ4v) is 2.20. The van der Waals surface area contributed by atoms with Crippen LogP contribution in [0.2, 0.25) is 0 Å². The molecule has 0 aliphatic rings. The summed E-state index contributed by atoms with van der Waals surface area (Å²) in [5, 5.41) is 0. The van der Waals surface area contributed by atoms with E-state index in [9.17, 15) is 0 Å². The molecule has 0 aliphatic heterocycles. The summed E-state index contributed by atoms with van der Waals surface area (Å²) >= 11 is 6.91. The third-order valence-corrected chi connectivity index (χ3v) is 3.23. The number of rotatable bonds is 2. The van der Waals surface area contributed by atoms with Crippen molar-refractivity contribution in [2.75, 3.05) is 0 Å². The van der Waals surface area contributed by atoms with Crippen LogP contribution in [0.3, 0.4) is 0 Å². The van der Waals surface area contributed by atoms with Crippen molar-refractivity contribution in [3.8, 4) is 0 Å². The monoisotopic (exact) mass is 324 g/mol. The number of halogens is 2. The fourth-order valence-electron chi connectivity index (χ4n) is 1.48. The van der Waals surface area contributed by atoms with Crippen molar-refractivity contribution >= 4 is 31.9 Å². The lowest BCUT2D eigenvalue weighted by molar-refractivity contribution is 1.19. The second-order valence-electron chi connectivity index (χ2n) is 3.43. The predicted octanol–water partition coefficient (Wildman–Crippen LogP) is 4.80. The quantitative estimate of drug-likeness (QED) is 0.743. The minimum Gasteiger partial charge on any atom is -0.0609 e. The van der Waals surface area contributed by atoms with Crippen molar-refractivity contribution in [1.29, 1.82) is 0 Å². The Morgan fingerprint density at radius 3 is 2.13 bits per heavy atom. The summed E-state index contributed by atoms with van der Waals surface area (Å²) in [4.78, 5) is 0. The second-order valence-corrected chi connectivity index (χ2v) is 5.26. The van der Waals surface area contributed by atoms with Crippen molar-refractivity contribution in [3.63, 3.8) is 0 Å². The first-order valence-electron chi connectivity index (χ1n) is 4.73. The Labute approximate surface area is 107 Å². The molecule has 76 valence electrons. The molecule has 0 aliphatic carbocycles. The molecule has 15 heavy (non-hydrogen) atoms. The van der Waals surface area contributed by atoms with Crippen LogP contribution in [0.5, 0.6) is 0 Å². The van der Waals surface area contributed by atoms with Gasteiger partial charge in [0.25, 0.3) is 0 Å². The largest absolute Gasteiger partial charge is 0.0609 e. The van der Waals surface area contributed by atoms with Gasteiger partial charge in [-0.1, -0.05) is 56.1 Å². The van der Waals surface area contributed by atoms with Gasteiger partial charge >= 0.3 is 0 Å². The summed E-state index contributed by atoms with van der Waals surface area (Å²) in [7, 11) is 0. The van der Waals surface area contributed by atoms with Gasteiger partial charge in [0.1, 0.15) is 0 Å². The Balaban J connectivity index is 2.18. The summed E-state index contributed by atoms with van der Waals surface area (Å²) in [6.07, 6.45) is 0.979. The van der Waals surface area contributed by atoms with E-state index in [1.165, 1.54) is 11.1 Å². The van der Waals surface area contributed by atoms with E-state index in [1.807, 2.05) is 6.07 Å². The highest BCUT2D eigenvalue weighted by Crippen LogP contribution is 2.17. The topological polar surface area (TPSA) is 0 Å². The van der Waals surface area contributed by atoms with Gasteiger partial charge in [0.2, 0.25) is 0 Å². The summed E-state index contributed by atoms with van der Waals surface area (Å²) in [6, 6.07) is 16.9. The third kappa shape index (κ3) is 3.18. The van der Waals surface area contributed by atoms with E-state index in [1.54, 1.807) is 0 Å². The molecule has 0 heterocycles. The van der Waals surface area contributed by atoms with Crippen LogP contribution in [0, 0.1) is 0 Å². The maximum absolute atomic E-state index is 3.48. The molecule has 0 saturated carbocycles. The number of hydrogen-bond donors (Lipinski definition) is 0. The van der Waals surface area contributed by atoms with Gasteiger partial charge in [0, 0.05) is 8.95 Å². The smallest absolute Gasteiger partial charge is 0.0178 e. The van der Waals surface area contributed by atoms with Gasteiger partial charge in [-0.25, -0.2) is 0 Å². The maximum Gasteiger partial charge on any atom is 0.0178 e. The Bertz CT molecular complexity index is 446. The number of benzene rings is 2. The second kappa shape index (κ2) is 4.95. The highest BCUT2D eigenvalue weighted by molar-refractivity contribution is 9.10. The molecule has 2 heteroatoms. The summed E-state index contributed by atoms with van der Waals surface area (Å²) in [5.74, 6) is 0. The van der Waals surface area contributed by atoms with Gasteiger partial charge in [-0.3, -0.25) is 0 Å². The zero-order valence-corrected chi connectivity index (χ0v) is 11.3. The Morgan fingerprint density at radius 2 is 1.47 bits per heavy atom. The van der Waals surface area contributed by atoms with Crippen LogP contribution in [0.4, 0.5) is 0 Å². The van der Waals surface area contributed by atoms with E-state index in [0.29, 0.717) is 0 Å². The zero-order valence-electron chi connectivity index (χ0n) is 8.08. The van der Waals surface area contributed by atoms with Crippen molar-refractivity contribution < 1.29 is 0 Å². The van der Waals surface area contributed by atoms with E-state index in [4.69, 9.17) is 0 Å². The molecule has 0 bridgehead atoms. The standard InChI is InChI=1S/C13H10Br2/c14-12-6-4-10(5-7-12)8-11-2-1-3-13(15)9-11/h1-7,9H,8H2. The van der Waals surface area contributed by atoms with E-state index in [-0.39, 0.29) is 0 Å². The Hall–Kier alpha value is -0.600. The third-order valence-electron chi connectivity index (χ3n) is 2.21. The molecule has 2 aromatic carbocycles. The van der Waals surface area contributed by atoms with Crippen molar-refractivity contribution in [2.45, 2.75) is 6.42 Å². The van der Waals surface area contributed by atoms with Crippen molar-refractivity contribution in [3.05, 3.63) is 68.6 Å².